The van der Waals surface area contributed by atoms with Gasteiger partial charge in [-0.2, -0.15) is 0 Å². The Morgan fingerprint density at radius 1 is 1.35 bits per heavy atom. The number of nitrogens with one attached hydrogen (secondary N) is 1. The molecule has 1 heterocycles. The predicted octanol–water partition coefficient (Wildman–Crippen LogP) is -1.57. The first-order valence-electron chi connectivity index (χ1n) is 6.45. The molecule has 1 aliphatic rings. The summed E-state index contributed by atoms with van der Waals surface area (Å²) in [7, 11) is 1.41. The molecule has 2 unspecified atom stereocenters. The number of amides is 2. The van der Waals surface area contributed by atoms with Gasteiger partial charge in [0.05, 0.1) is 6.61 Å². The van der Waals surface area contributed by atoms with E-state index in [9.17, 15) is 19.8 Å². The zero-order valence-electron chi connectivity index (χ0n) is 11.8. The second kappa shape index (κ2) is 6.98. The normalized spacial score (nSPS) is 30.9. The lowest BCUT2D eigenvalue weighted by Gasteiger charge is -2.34. The van der Waals surface area contributed by atoms with Crippen molar-refractivity contribution in [1.29, 1.82) is 0 Å². The summed E-state index contributed by atoms with van der Waals surface area (Å²) in [4.78, 5) is 24.3. The van der Waals surface area contributed by atoms with Crippen molar-refractivity contribution in [2.24, 2.45) is 0 Å². The fourth-order valence-corrected chi connectivity index (χ4v) is 2.32. The number of rotatable bonds is 5. The molecule has 0 bridgehead atoms. The molecule has 4 N–H and O–H groups in total. The summed E-state index contributed by atoms with van der Waals surface area (Å²) in [5, 5.41) is 31.2. The minimum atomic E-state index is -1.35. The molecule has 1 rings (SSSR count). The number of ether oxygens (including phenoxy) is 1. The molecule has 0 aromatic heterocycles. The predicted molar refractivity (Wildman–Crippen MR) is 68.8 cm³/mol. The highest BCUT2D eigenvalue weighted by molar-refractivity contribution is 5.78. The third-order valence-corrected chi connectivity index (χ3v) is 3.30. The van der Waals surface area contributed by atoms with Gasteiger partial charge in [0, 0.05) is 19.5 Å². The largest absolute Gasteiger partial charge is 0.394 e. The maximum atomic E-state index is 11.9. The van der Waals surface area contributed by atoms with E-state index < -0.39 is 43.2 Å². The van der Waals surface area contributed by atoms with Gasteiger partial charge in [-0.05, 0) is 13.8 Å². The lowest BCUT2D eigenvalue weighted by Crippen LogP contribution is -2.54. The molecule has 5 atom stereocenters. The molecule has 1 fully saturated rings. The minimum absolute atomic E-state index is 0.0971. The number of carbonyl (C=O) groups is 2. The van der Waals surface area contributed by atoms with Gasteiger partial charge in [0.2, 0.25) is 0 Å². The zero-order chi connectivity index (χ0) is 15.4. The van der Waals surface area contributed by atoms with Crippen molar-refractivity contribution in [2.45, 2.75) is 50.8 Å². The molecule has 0 radical (unpaired) electrons. The number of carbonyl (C=O) groups excluding carboxylic acids is 2. The van der Waals surface area contributed by atoms with Gasteiger partial charge in [0.15, 0.2) is 6.23 Å². The molecule has 0 aliphatic carbocycles. The van der Waals surface area contributed by atoms with Crippen molar-refractivity contribution in [3.63, 3.8) is 0 Å². The molecule has 0 saturated carbocycles. The van der Waals surface area contributed by atoms with Gasteiger partial charge in [-0.3, -0.25) is 9.69 Å². The Bertz CT molecular complexity index is 364. The molecule has 2 amide bonds. The van der Waals surface area contributed by atoms with Gasteiger partial charge in [0.25, 0.3) is 0 Å². The molecule has 1 saturated heterocycles. The number of hydrogen-bond donors (Lipinski definition) is 4. The first kappa shape index (κ1) is 16.8. The molecule has 0 aromatic rings. The van der Waals surface area contributed by atoms with Crippen molar-refractivity contribution in [3.8, 4) is 0 Å². The van der Waals surface area contributed by atoms with Crippen LogP contribution in [0.2, 0.25) is 0 Å². The van der Waals surface area contributed by atoms with Crippen LogP contribution in [0.3, 0.4) is 0 Å². The van der Waals surface area contributed by atoms with Crippen molar-refractivity contribution in [3.05, 3.63) is 0 Å². The molecule has 8 nitrogen and oxygen atoms in total. The van der Waals surface area contributed by atoms with E-state index in [1.165, 1.54) is 18.9 Å². The molecule has 116 valence electrons. The van der Waals surface area contributed by atoms with Gasteiger partial charge in [-0.15, -0.1) is 0 Å². The van der Waals surface area contributed by atoms with E-state index in [0.717, 1.165) is 0 Å². The Balaban J connectivity index is 2.94. The van der Waals surface area contributed by atoms with Crippen LogP contribution in [0.4, 0.5) is 4.79 Å². The molecule has 0 spiro atoms. The van der Waals surface area contributed by atoms with Crippen molar-refractivity contribution in [1.82, 2.24) is 10.2 Å². The highest BCUT2D eigenvalue weighted by atomic mass is 16.6. The SMILES string of the molecule is CNC(=O)N(C(C)CC(C)=O)[C@@H]1OC(CO)[C@@H](O)[C@H]1O. The summed E-state index contributed by atoms with van der Waals surface area (Å²) in [5.74, 6) is -0.113. The lowest BCUT2D eigenvalue weighted by atomic mass is 10.1. The standard InChI is InChI=1S/C12H22N2O6/c1-6(4-7(2)16)14(12(19)13-3)11-10(18)9(17)8(5-15)20-11/h6,8-11,15,17-18H,4-5H2,1-3H3,(H,13,19)/t6?,8?,9-,10-,11-/m1/s1. The Labute approximate surface area is 117 Å². The smallest absolute Gasteiger partial charge is 0.319 e. The second-order valence-corrected chi connectivity index (χ2v) is 4.95. The number of nitrogens with zero attached hydrogens (tertiary/aromatic N) is 1. The quantitative estimate of drug-likeness (QED) is 0.486. The molecule has 1 aliphatic heterocycles. The topological polar surface area (TPSA) is 119 Å². The number of urea groups is 1. The van der Waals surface area contributed by atoms with Crippen LogP contribution in [0.25, 0.3) is 0 Å². The minimum Gasteiger partial charge on any atom is -0.394 e. The number of Topliss-reactive ketones (excluding diaryl/α,β-unsaturated/α-hetero) is 1. The van der Waals surface area contributed by atoms with E-state index in [0.29, 0.717) is 0 Å². The maximum Gasteiger partial charge on any atom is 0.319 e. The van der Waals surface area contributed by atoms with Crippen LogP contribution in [0.15, 0.2) is 0 Å². The Morgan fingerprint density at radius 2 is 1.95 bits per heavy atom. The Kier molecular flexibility index (Phi) is 5.88. The molecule has 0 aromatic carbocycles. The van der Waals surface area contributed by atoms with Gasteiger partial charge >= 0.3 is 6.03 Å². The lowest BCUT2D eigenvalue weighted by molar-refractivity contribution is -0.120. The average molecular weight is 290 g/mol. The van der Waals surface area contributed by atoms with Gasteiger partial charge < -0.3 is 25.4 Å². The summed E-state index contributed by atoms with van der Waals surface area (Å²) in [5.41, 5.74) is 0. The zero-order valence-corrected chi connectivity index (χ0v) is 11.8. The van der Waals surface area contributed by atoms with Gasteiger partial charge in [0.1, 0.15) is 24.1 Å². The van der Waals surface area contributed by atoms with Gasteiger partial charge in [-0.1, -0.05) is 0 Å². The van der Waals surface area contributed by atoms with E-state index in [-0.39, 0.29) is 12.2 Å². The summed E-state index contributed by atoms with van der Waals surface area (Å²) < 4.78 is 5.33. The molecular formula is C12H22N2O6. The average Bonchev–Trinajstić information content (AvgIpc) is 2.66. The highest BCUT2D eigenvalue weighted by Gasteiger charge is 2.47. The van der Waals surface area contributed by atoms with E-state index in [2.05, 4.69) is 5.32 Å². The van der Waals surface area contributed by atoms with E-state index in [1.807, 2.05) is 0 Å². The van der Waals surface area contributed by atoms with Crippen LogP contribution >= 0.6 is 0 Å². The Hall–Kier alpha value is -1.22. The molecule has 20 heavy (non-hydrogen) atoms. The number of hydrogen-bond acceptors (Lipinski definition) is 6. The summed E-state index contributed by atoms with van der Waals surface area (Å²) in [6, 6.07) is -1.05. The Morgan fingerprint density at radius 3 is 2.35 bits per heavy atom. The van der Waals surface area contributed by atoms with E-state index in [4.69, 9.17) is 9.84 Å². The van der Waals surface area contributed by atoms with Crippen molar-refractivity contribution >= 4 is 11.8 Å². The maximum absolute atomic E-state index is 11.9. The summed E-state index contributed by atoms with van der Waals surface area (Å²) in [6.07, 6.45) is -4.62. The third kappa shape index (κ3) is 3.45. The van der Waals surface area contributed by atoms with Crippen LogP contribution in [-0.4, -0.2) is 76.3 Å². The fourth-order valence-electron chi connectivity index (χ4n) is 2.32. The monoisotopic (exact) mass is 290 g/mol. The first-order chi connectivity index (χ1) is 9.33. The van der Waals surface area contributed by atoms with Crippen LogP contribution in [0.5, 0.6) is 0 Å². The first-order valence-corrected chi connectivity index (χ1v) is 6.45. The van der Waals surface area contributed by atoms with Crippen LogP contribution in [0.1, 0.15) is 20.3 Å². The van der Waals surface area contributed by atoms with Crippen LogP contribution < -0.4 is 5.32 Å². The fraction of sp³-hybridized carbons (Fsp3) is 0.833. The third-order valence-electron chi connectivity index (χ3n) is 3.30. The number of aliphatic hydroxyl groups excluding tert-OH is 3. The summed E-state index contributed by atoms with van der Waals surface area (Å²) in [6.45, 7) is 2.57. The van der Waals surface area contributed by atoms with Gasteiger partial charge in [-0.25, -0.2) is 4.79 Å². The van der Waals surface area contributed by atoms with Crippen molar-refractivity contribution < 1.29 is 29.6 Å². The van der Waals surface area contributed by atoms with Crippen LogP contribution in [-0.2, 0) is 9.53 Å². The molecular weight excluding hydrogens is 268 g/mol. The second-order valence-electron chi connectivity index (χ2n) is 4.95. The number of ketones is 1. The molecule has 8 heteroatoms. The van der Waals surface area contributed by atoms with E-state index >= 15 is 0 Å². The van der Waals surface area contributed by atoms with Crippen molar-refractivity contribution in [2.75, 3.05) is 13.7 Å². The highest BCUT2D eigenvalue weighted by Crippen LogP contribution is 2.26. The number of aliphatic hydroxyl groups is 3. The van der Waals surface area contributed by atoms with E-state index in [1.54, 1.807) is 6.92 Å². The summed E-state index contributed by atoms with van der Waals surface area (Å²) >= 11 is 0. The van der Waals surface area contributed by atoms with Crippen LogP contribution in [0, 0.1) is 0 Å².